The molecule has 1 amide bonds. The van der Waals surface area contributed by atoms with E-state index in [2.05, 4.69) is 20.5 Å². The Bertz CT molecular complexity index is 1490. The molecule has 0 fully saturated rings. The molecule has 2 aromatic carbocycles. The van der Waals surface area contributed by atoms with Crippen LogP contribution in [-0.4, -0.2) is 36.4 Å². The number of carbonyl (C=O) groups excluding carboxylic acids is 1. The molecule has 7 nitrogen and oxygen atoms in total. The van der Waals surface area contributed by atoms with Crippen LogP contribution in [0.4, 0.5) is 5.69 Å². The molecule has 0 atom stereocenters. The molecule has 0 spiro atoms. The van der Waals surface area contributed by atoms with Crippen LogP contribution in [-0.2, 0) is 11.8 Å². The molecule has 3 aromatic heterocycles. The lowest BCUT2D eigenvalue weighted by Crippen LogP contribution is -2.15. The van der Waals surface area contributed by atoms with Gasteiger partial charge in [0.2, 0.25) is 5.91 Å². The lowest BCUT2D eigenvalue weighted by atomic mass is 10.0. The standard InChI is InChI=1S/C25H19ClN6OS/c1-32-24(30-31-25(32)34-15-22(33)29-20-12-7-13-27-23(20)26)18-14-21(16-8-3-2-4-9-16)28-19-11-6-5-10-17(18)19/h2-14H,15H2,1H3,(H,29,33). The summed E-state index contributed by atoms with van der Waals surface area (Å²) < 4.78 is 1.89. The van der Waals surface area contributed by atoms with Gasteiger partial charge in [-0.3, -0.25) is 4.79 Å². The summed E-state index contributed by atoms with van der Waals surface area (Å²) in [5, 5.41) is 13.4. The van der Waals surface area contributed by atoms with E-state index >= 15 is 0 Å². The van der Waals surface area contributed by atoms with Gasteiger partial charge in [0.1, 0.15) is 0 Å². The van der Waals surface area contributed by atoms with Gasteiger partial charge in [0.05, 0.1) is 22.7 Å². The predicted molar refractivity (Wildman–Crippen MR) is 136 cm³/mol. The van der Waals surface area contributed by atoms with Crippen molar-refractivity contribution in [1.82, 2.24) is 24.7 Å². The first kappa shape index (κ1) is 22.1. The third-order valence-corrected chi connectivity index (χ3v) is 6.55. The number of rotatable bonds is 6. The highest BCUT2D eigenvalue weighted by molar-refractivity contribution is 7.99. The summed E-state index contributed by atoms with van der Waals surface area (Å²) in [6.45, 7) is 0. The number of para-hydroxylation sites is 1. The maximum Gasteiger partial charge on any atom is 0.234 e. The Morgan fingerprint density at radius 2 is 1.82 bits per heavy atom. The Balaban J connectivity index is 1.43. The molecular weight excluding hydrogens is 468 g/mol. The van der Waals surface area contributed by atoms with Crippen molar-refractivity contribution in [1.29, 1.82) is 0 Å². The second-order valence-electron chi connectivity index (χ2n) is 7.48. The minimum absolute atomic E-state index is 0.156. The van der Waals surface area contributed by atoms with E-state index < -0.39 is 0 Å². The second kappa shape index (κ2) is 9.62. The molecule has 0 saturated heterocycles. The van der Waals surface area contributed by atoms with Crippen LogP contribution in [0.5, 0.6) is 0 Å². The molecule has 9 heteroatoms. The van der Waals surface area contributed by atoms with Crippen molar-refractivity contribution in [2.45, 2.75) is 5.16 Å². The number of hydrogen-bond donors (Lipinski definition) is 1. The zero-order valence-corrected chi connectivity index (χ0v) is 19.7. The second-order valence-corrected chi connectivity index (χ2v) is 8.78. The normalized spacial score (nSPS) is 11.0. The number of hydrogen-bond acceptors (Lipinski definition) is 6. The van der Waals surface area contributed by atoms with Gasteiger partial charge in [-0.05, 0) is 24.3 Å². The predicted octanol–water partition coefficient (Wildman–Crippen LogP) is 5.48. The highest BCUT2D eigenvalue weighted by Gasteiger charge is 2.17. The van der Waals surface area contributed by atoms with Crippen LogP contribution in [0.25, 0.3) is 33.5 Å². The van der Waals surface area contributed by atoms with Gasteiger partial charge in [-0.1, -0.05) is 71.9 Å². The summed E-state index contributed by atoms with van der Waals surface area (Å²) >= 11 is 7.32. The van der Waals surface area contributed by atoms with Crippen molar-refractivity contribution < 1.29 is 4.79 Å². The minimum Gasteiger partial charge on any atom is -0.323 e. The molecule has 5 rings (SSSR count). The van der Waals surface area contributed by atoms with Gasteiger partial charge in [0.25, 0.3) is 0 Å². The highest BCUT2D eigenvalue weighted by Crippen LogP contribution is 2.32. The fraction of sp³-hybridized carbons (Fsp3) is 0.0800. The van der Waals surface area contributed by atoms with Gasteiger partial charge >= 0.3 is 0 Å². The van der Waals surface area contributed by atoms with Gasteiger partial charge in [-0.25, -0.2) is 9.97 Å². The third-order valence-electron chi connectivity index (χ3n) is 5.23. The van der Waals surface area contributed by atoms with Crippen LogP contribution in [0, 0.1) is 0 Å². The topological polar surface area (TPSA) is 85.6 Å². The van der Waals surface area contributed by atoms with Crippen LogP contribution < -0.4 is 5.32 Å². The Morgan fingerprint density at radius 3 is 2.65 bits per heavy atom. The molecular formula is C25H19ClN6OS. The summed E-state index contributed by atoms with van der Waals surface area (Å²) in [6.07, 6.45) is 1.57. The lowest BCUT2D eigenvalue weighted by molar-refractivity contribution is -0.113. The number of carbonyl (C=O) groups is 1. The van der Waals surface area contributed by atoms with Crippen molar-refractivity contribution in [3.63, 3.8) is 0 Å². The van der Waals surface area contributed by atoms with E-state index in [9.17, 15) is 4.79 Å². The summed E-state index contributed by atoms with van der Waals surface area (Å²) in [7, 11) is 1.89. The van der Waals surface area contributed by atoms with Crippen LogP contribution in [0.3, 0.4) is 0 Å². The van der Waals surface area contributed by atoms with Gasteiger partial charge in [0, 0.05) is 29.8 Å². The van der Waals surface area contributed by atoms with E-state index in [0.717, 1.165) is 27.7 Å². The molecule has 0 saturated carbocycles. The molecule has 0 aliphatic carbocycles. The maximum absolute atomic E-state index is 12.4. The number of aromatic nitrogens is 5. The molecule has 1 N–H and O–H groups in total. The molecule has 3 heterocycles. The summed E-state index contributed by atoms with van der Waals surface area (Å²) in [5.74, 6) is 0.656. The number of anilines is 1. The maximum atomic E-state index is 12.4. The summed E-state index contributed by atoms with van der Waals surface area (Å²) in [4.78, 5) is 21.2. The van der Waals surface area contributed by atoms with Gasteiger partial charge in [0.15, 0.2) is 16.1 Å². The first-order valence-electron chi connectivity index (χ1n) is 10.5. The van der Waals surface area contributed by atoms with E-state index in [1.165, 1.54) is 11.8 Å². The average Bonchev–Trinajstić information content (AvgIpc) is 3.24. The first-order chi connectivity index (χ1) is 16.6. The number of nitrogens with zero attached hydrogens (tertiary/aromatic N) is 5. The van der Waals surface area contributed by atoms with Crippen LogP contribution in [0.15, 0.2) is 84.1 Å². The number of halogens is 1. The van der Waals surface area contributed by atoms with Crippen LogP contribution in [0.2, 0.25) is 5.15 Å². The largest absolute Gasteiger partial charge is 0.323 e. The molecule has 0 radical (unpaired) electrons. The lowest BCUT2D eigenvalue weighted by Gasteiger charge is -2.10. The Morgan fingerprint density at radius 1 is 1.03 bits per heavy atom. The molecule has 5 aromatic rings. The van der Waals surface area contributed by atoms with E-state index in [0.29, 0.717) is 16.7 Å². The average molecular weight is 487 g/mol. The Labute approximate surface area is 205 Å². The number of thioether (sulfide) groups is 1. The summed E-state index contributed by atoms with van der Waals surface area (Å²) in [6, 6.07) is 23.5. The zero-order chi connectivity index (χ0) is 23.5. The van der Waals surface area contributed by atoms with Crippen molar-refractivity contribution in [3.05, 3.63) is 84.1 Å². The molecule has 0 unspecified atom stereocenters. The fourth-order valence-electron chi connectivity index (χ4n) is 3.59. The molecule has 168 valence electrons. The summed E-state index contributed by atoms with van der Waals surface area (Å²) in [5.41, 5.74) is 4.17. The van der Waals surface area contributed by atoms with Crippen molar-refractivity contribution in [3.8, 4) is 22.6 Å². The third kappa shape index (κ3) is 4.50. The fourth-order valence-corrected chi connectivity index (χ4v) is 4.47. The van der Waals surface area contributed by atoms with Crippen molar-refractivity contribution in [2.24, 2.45) is 7.05 Å². The number of nitrogens with one attached hydrogen (secondary N) is 1. The number of benzene rings is 2. The number of amides is 1. The molecule has 0 bridgehead atoms. The number of fused-ring (bicyclic) bond motifs is 1. The van der Waals surface area contributed by atoms with Gasteiger partial charge in [-0.2, -0.15) is 0 Å². The Kier molecular flexibility index (Phi) is 6.24. The monoisotopic (exact) mass is 486 g/mol. The Hall–Kier alpha value is -3.75. The van der Waals surface area contributed by atoms with Crippen molar-refractivity contribution >= 4 is 45.9 Å². The zero-order valence-electron chi connectivity index (χ0n) is 18.1. The quantitative estimate of drug-likeness (QED) is 0.253. The van der Waals surface area contributed by atoms with Gasteiger partial charge in [-0.15, -0.1) is 10.2 Å². The molecule has 0 aliphatic rings. The number of pyridine rings is 2. The molecule has 34 heavy (non-hydrogen) atoms. The highest BCUT2D eigenvalue weighted by atomic mass is 35.5. The van der Waals surface area contributed by atoms with E-state index in [1.807, 2.05) is 72.3 Å². The molecule has 0 aliphatic heterocycles. The van der Waals surface area contributed by atoms with E-state index in [4.69, 9.17) is 16.6 Å². The SMILES string of the molecule is Cn1c(SCC(=O)Nc2cccnc2Cl)nnc1-c1cc(-c2ccccc2)nc2ccccc12. The van der Waals surface area contributed by atoms with E-state index in [1.54, 1.807) is 18.3 Å². The van der Waals surface area contributed by atoms with E-state index in [-0.39, 0.29) is 16.8 Å². The van der Waals surface area contributed by atoms with Crippen LogP contribution in [0.1, 0.15) is 0 Å². The van der Waals surface area contributed by atoms with Crippen LogP contribution >= 0.6 is 23.4 Å². The first-order valence-corrected chi connectivity index (χ1v) is 11.8. The van der Waals surface area contributed by atoms with Crippen molar-refractivity contribution in [2.75, 3.05) is 11.1 Å². The van der Waals surface area contributed by atoms with Gasteiger partial charge < -0.3 is 9.88 Å². The smallest absolute Gasteiger partial charge is 0.234 e. The minimum atomic E-state index is -0.204.